The molecule has 1 saturated heterocycles. The first-order chi connectivity index (χ1) is 6.75. The third-order valence-corrected chi connectivity index (χ3v) is 3.49. The summed E-state index contributed by atoms with van der Waals surface area (Å²) in [6.45, 7) is 3.45. The smallest absolute Gasteiger partial charge is 0.0206 e. The number of piperidine rings is 1. The Morgan fingerprint density at radius 1 is 1.43 bits per heavy atom. The van der Waals surface area contributed by atoms with Gasteiger partial charge in [-0.3, -0.25) is 0 Å². The predicted molar refractivity (Wildman–Crippen MR) is 59.2 cm³/mol. The molecule has 0 amide bonds. The van der Waals surface area contributed by atoms with E-state index in [0.717, 1.165) is 12.6 Å². The second-order valence-electron chi connectivity index (χ2n) is 5.01. The molecule has 0 aromatic rings. The van der Waals surface area contributed by atoms with Crippen molar-refractivity contribution in [1.29, 1.82) is 0 Å². The van der Waals surface area contributed by atoms with Crippen molar-refractivity contribution in [3.63, 3.8) is 0 Å². The summed E-state index contributed by atoms with van der Waals surface area (Å²) >= 11 is 0. The normalized spacial score (nSPS) is 31.7. The molecule has 1 saturated carbocycles. The van der Waals surface area contributed by atoms with Crippen LogP contribution in [0.4, 0.5) is 0 Å². The Morgan fingerprint density at radius 3 is 2.86 bits per heavy atom. The molecule has 3 N–H and O–H groups in total. The number of rotatable bonds is 4. The van der Waals surface area contributed by atoms with Gasteiger partial charge in [0.2, 0.25) is 0 Å². The summed E-state index contributed by atoms with van der Waals surface area (Å²) < 4.78 is 0. The topological polar surface area (TPSA) is 41.3 Å². The monoisotopic (exact) mass is 197 g/mol. The molecule has 0 aromatic heterocycles. The first-order valence-corrected chi connectivity index (χ1v) is 5.93. The van der Waals surface area contributed by atoms with Crippen LogP contribution in [0.5, 0.6) is 0 Å². The molecule has 1 aliphatic heterocycles. The maximum atomic E-state index is 6.20. The van der Waals surface area contributed by atoms with Crippen LogP contribution in [0.2, 0.25) is 0 Å². The van der Waals surface area contributed by atoms with Crippen LogP contribution in [0, 0.1) is 5.92 Å². The molecule has 1 aliphatic carbocycles. The lowest BCUT2D eigenvalue weighted by atomic mass is 9.91. The van der Waals surface area contributed by atoms with E-state index in [9.17, 15) is 0 Å². The molecule has 0 bridgehead atoms. The fraction of sp³-hybridized carbons (Fsp3) is 1.00. The van der Waals surface area contributed by atoms with Crippen LogP contribution < -0.4 is 11.1 Å². The fourth-order valence-corrected chi connectivity index (χ4v) is 2.31. The second-order valence-corrected chi connectivity index (χ2v) is 5.01. The van der Waals surface area contributed by atoms with Crippen LogP contribution in [0.3, 0.4) is 0 Å². The zero-order valence-electron chi connectivity index (χ0n) is 9.21. The summed E-state index contributed by atoms with van der Waals surface area (Å²) in [7, 11) is 2.20. The summed E-state index contributed by atoms with van der Waals surface area (Å²) in [5.41, 5.74) is 6.20. The number of nitrogens with zero attached hydrogens (tertiary/aromatic N) is 1. The predicted octanol–water partition coefficient (Wildman–Crippen LogP) is 0.408. The van der Waals surface area contributed by atoms with Crippen LogP contribution in [0.1, 0.15) is 25.7 Å². The molecule has 3 heteroatoms. The summed E-state index contributed by atoms with van der Waals surface area (Å²) in [6.07, 6.45) is 5.35. The van der Waals surface area contributed by atoms with Crippen LogP contribution in [-0.4, -0.2) is 43.7 Å². The first kappa shape index (κ1) is 10.4. The zero-order valence-corrected chi connectivity index (χ0v) is 9.21. The van der Waals surface area contributed by atoms with Gasteiger partial charge in [0.15, 0.2) is 0 Å². The molecule has 82 valence electrons. The van der Waals surface area contributed by atoms with Crippen molar-refractivity contribution in [2.45, 2.75) is 37.8 Å². The molecular formula is C11H23N3. The molecule has 2 unspecified atom stereocenters. The number of nitrogens with two attached hydrogens (primary N) is 1. The van der Waals surface area contributed by atoms with Crippen LogP contribution in [-0.2, 0) is 0 Å². The van der Waals surface area contributed by atoms with Crippen molar-refractivity contribution in [2.24, 2.45) is 11.7 Å². The molecule has 1 heterocycles. The van der Waals surface area contributed by atoms with Gasteiger partial charge in [-0.05, 0) is 45.2 Å². The summed E-state index contributed by atoms with van der Waals surface area (Å²) in [4.78, 5) is 2.41. The number of hydrogen-bond acceptors (Lipinski definition) is 3. The van der Waals surface area contributed by atoms with Gasteiger partial charge in [0.1, 0.15) is 0 Å². The van der Waals surface area contributed by atoms with Gasteiger partial charge in [0.05, 0.1) is 0 Å². The minimum absolute atomic E-state index is 0.360. The van der Waals surface area contributed by atoms with Crippen molar-refractivity contribution < 1.29 is 0 Å². The Balaban J connectivity index is 1.68. The molecule has 2 atom stereocenters. The second kappa shape index (κ2) is 4.60. The fourth-order valence-electron chi connectivity index (χ4n) is 2.31. The quantitative estimate of drug-likeness (QED) is 0.686. The van der Waals surface area contributed by atoms with Crippen molar-refractivity contribution in [1.82, 2.24) is 10.2 Å². The van der Waals surface area contributed by atoms with Gasteiger partial charge in [-0.25, -0.2) is 0 Å². The summed E-state index contributed by atoms with van der Waals surface area (Å²) in [5, 5.41) is 3.52. The van der Waals surface area contributed by atoms with E-state index in [1.165, 1.54) is 38.8 Å². The lowest BCUT2D eigenvalue weighted by Gasteiger charge is -2.33. The highest BCUT2D eigenvalue weighted by molar-refractivity contribution is 4.86. The molecule has 14 heavy (non-hydrogen) atoms. The van der Waals surface area contributed by atoms with E-state index in [1.807, 2.05) is 0 Å². The van der Waals surface area contributed by atoms with E-state index in [2.05, 4.69) is 17.3 Å². The maximum Gasteiger partial charge on any atom is 0.0206 e. The molecule has 3 nitrogen and oxygen atoms in total. The molecular weight excluding hydrogens is 174 g/mol. The highest BCUT2D eigenvalue weighted by Gasteiger charge is 2.26. The molecule has 0 radical (unpaired) electrons. The minimum Gasteiger partial charge on any atom is -0.326 e. The van der Waals surface area contributed by atoms with Gasteiger partial charge in [-0.2, -0.15) is 0 Å². The van der Waals surface area contributed by atoms with Crippen molar-refractivity contribution in [3.05, 3.63) is 0 Å². The highest BCUT2D eigenvalue weighted by Crippen LogP contribution is 2.20. The average Bonchev–Trinajstić information content (AvgIpc) is 2.97. The average molecular weight is 197 g/mol. The Hall–Kier alpha value is -0.120. The Kier molecular flexibility index (Phi) is 3.42. The number of likely N-dealkylation sites (tertiary alicyclic amines) is 1. The Labute approximate surface area is 87.0 Å². The van der Waals surface area contributed by atoms with E-state index >= 15 is 0 Å². The maximum absolute atomic E-state index is 6.20. The van der Waals surface area contributed by atoms with Gasteiger partial charge in [-0.15, -0.1) is 0 Å². The minimum atomic E-state index is 0.360. The van der Waals surface area contributed by atoms with Gasteiger partial charge in [0, 0.05) is 25.2 Å². The molecule has 0 spiro atoms. The van der Waals surface area contributed by atoms with Crippen molar-refractivity contribution in [3.8, 4) is 0 Å². The molecule has 2 fully saturated rings. The van der Waals surface area contributed by atoms with E-state index in [4.69, 9.17) is 5.73 Å². The van der Waals surface area contributed by atoms with Crippen molar-refractivity contribution in [2.75, 3.05) is 26.7 Å². The summed E-state index contributed by atoms with van der Waals surface area (Å²) in [6, 6.07) is 1.15. The SMILES string of the molecule is CN1CCCC(C(N)CNC2CC2)C1. The largest absolute Gasteiger partial charge is 0.326 e. The number of nitrogens with one attached hydrogen (secondary N) is 1. The van der Waals surface area contributed by atoms with Crippen LogP contribution >= 0.6 is 0 Å². The number of hydrogen-bond donors (Lipinski definition) is 2. The highest BCUT2D eigenvalue weighted by atomic mass is 15.1. The van der Waals surface area contributed by atoms with Gasteiger partial charge in [0.25, 0.3) is 0 Å². The lowest BCUT2D eigenvalue weighted by Crippen LogP contribution is -2.47. The van der Waals surface area contributed by atoms with Gasteiger partial charge >= 0.3 is 0 Å². The third-order valence-electron chi connectivity index (χ3n) is 3.49. The molecule has 0 aromatic carbocycles. The summed E-state index contributed by atoms with van der Waals surface area (Å²) in [5.74, 6) is 0.708. The zero-order chi connectivity index (χ0) is 9.97. The van der Waals surface area contributed by atoms with Gasteiger partial charge in [-0.1, -0.05) is 0 Å². The van der Waals surface area contributed by atoms with Crippen molar-refractivity contribution >= 4 is 0 Å². The van der Waals surface area contributed by atoms with Crippen LogP contribution in [0.15, 0.2) is 0 Å². The van der Waals surface area contributed by atoms with E-state index < -0.39 is 0 Å². The first-order valence-electron chi connectivity index (χ1n) is 5.93. The Bertz CT molecular complexity index is 179. The van der Waals surface area contributed by atoms with Crippen LogP contribution in [0.25, 0.3) is 0 Å². The van der Waals surface area contributed by atoms with Gasteiger partial charge < -0.3 is 16.0 Å². The van der Waals surface area contributed by atoms with E-state index in [1.54, 1.807) is 0 Å². The lowest BCUT2D eigenvalue weighted by molar-refractivity contribution is 0.186. The Morgan fingerprint density at radius 2 is 2.21 bits per heavy atom. The molecule has 2 aliphatic rings. The van der Waals surface area contributed by atoms with E-state index in [-0.39, 0.29) is 0 Å². The molecule has 2 rings (SSSR count). The standard InChI is InChI=1S/C11H23N3/c1-14-6-2-3-9(8-14)11(12)7-13-10-4-5-10/h9-11,13H,2-8,12H2,1H3. The third kappa shape index (κ3) is 2.94. The van der Waals surface area contributed by atoms with E-state index in [0.29, 0.717) is 12.0 Å².